The van der Waals surface area contributed by atoms with Crippen LogP contribution in [-0.4, -0.2) is 47.6 Å². The molecule has 1 fully saturated rings. The number of benzene rings is 3. The van der Waals surface area contributed by atoms with Gasteiger partial charge in [-0.3, -0.25) is 9.59 Å². The van der Waals surface area contributed by atoms with Crippen molar-refractivity contribution in [3.63, 3.8) is 0 Å². The van der Waals surface area contributed by atoms with Crippen molar-refractivity contribution >= 4 is 23.6 Å². The zero-order valence-corrected chi connectivity index (χ0v) is 24.4. The molecule has 0 bridgehead atoms. The SMILES string of the molecule is C#Cc1ccc(C(C(=O)Nc2ccc(OC)cc2)N(C(=O)C(Cc2ccccc2)NC(=O)OC(C)(C)C)C2CC2)cc1. The van der Waals surface area contributed by atoms with Crippen LogP contribution in [0.4, 0.5) is 10.5 Å². The molecular weight excluding hydrogens is 530 g/mol. The minimum absolute atomic E-state index is 0.171. The van der Waals surface area contributed by atoms with Gasteiger partial charge in [0, 0.05) is 23.7 Å². The van der Waals surface area contributed by atoms with Crippen molar-refractivity contribution in [1.82, 2.24) is 10.2 Å². The highest BCUT2D eigenvalue weighted by molar-refractivity contribution is 5.99. The minimum Gasteiger partial charge on any atom is -0.497 e. The third-order valence-electron chi connectivity index (χ3n) is 6.74. The number of anilines is 1. The van der Waals surface area contributed by atoms with Crippen LogP contribution in [0.5, 0.6) is 5.75 Å². The fourth-order valence-corrected chi connectivity index (χ4v) is 4.64. The van der Waals surface area contributed by atoms with Gasteiger partial charge in [0.2, 0.25) is 5.91 Å². The van der Waals surface area contributed by atoms with Crippen LogP contribution < -0.4 is 15.4 Å². The van der Waals surface area contributed by atoms with E-state index in [9.17, 15) is 14.4 Å². The Bertz CT molecular complexity index is 1420. The smallest absolute Gasteiger partial charge is 0.408 e. The van der Waals surface area contributed by atoms with E-state index in [1.165, 1.54) is 0 Å². The molecule has 1 aliphatic carbocycles. The number of rotatable bonds is 10. The normalized spacial score (nSPS) is 14.1. The second kappa shape index (κ2) is 13.3. The van der Waals surface area contributed by atoms with Gasteiger partial charge in [0.1, 0.15) is 23.4 Å². The summed E-state index contributed by atoms with van der Waals surface area (Å²) in [4.78, 5) is 42.9. The fraction of sp³-hybridized carbons (Fsp3) is 0.324. The van der Waals surface area contributed by atoms with Crippen LogP contribution in [0.25, 0.3) is 0 Å². The van der Waals surface area contributed by atoms with Crippen molar-refractivity contribution in [2.45, 2.75) is 63.8 Å². The van der Waals surface area contributed by atoms with E-state index in [-0.39, 0.29) is 24.3 Å². The van der Waals surface area contributed by atoms with Crippen LogP contribution >= 0.6 is 0 Å². The Labute approximate surface area is 247 Å². The first-order valence-electron chi connectivity index (χ1n) is 13.9. The van der Waals surface area contributed by atoms with Crippen LogP contribution in [0.2, 0.25) is 0 Å². The topological polar surface area (TPSA) is 97.0 Å². The summed E-state index contributed by atoms with van der Waals surface area (Å²) in [6.45, 7) is 5.28. The number of nitrogens with one attached hydrogen (secondary N) is 2. The molecule has 1 saturated carbocycles. The van der Waals surface area contributed by atoms with Crippen LogP contribution in [-0.2, 0) is 20.7 Å². The maximum Gasteiger partial charge on any atom is 0.408 e. The summed E-state index contributed by atoms with van der Waals surface area (Å²) in [5.74, 6) is 2.49. The standard InChI is InChI=1S/C34H37N3O5/c1-6-23-12-14-25(15-13-23)30(31(38)35-26-16-20-28(41-5)21-17-26)37(27-18-19-27)32(39)29(22-24-10-8-7-9-11-24)36-33(40)42-34(2,3)4/h1,7-17,20-21,27,29-30H,18-19,22H2,2-5H3,(H,35,38)(H,36,40). The zero-order chi connectivity index (χ0) is 30.3. The first-order valence-corrected chi connectivity index (χ1v) is 13.9. The van der Waals surface area contributed by atoms with E-state index in [0.717, 1.165) is 18.4 Å². The summed E-state index contributed by atoms with van der Waals surface area (Å²) in [5.41, 5.74) is 1.93. The summed E-state index contributed by atoms with van der Waals surface area (Å²) < 4.78 is 10.7. The fourth-order valence-electron chi connectivity index (χ4n) is 4.64. The van der Waals surface area contributed by atoms with E-state index in [0.29, 0.717) is 22.6 Å². The van der Waals surface area contributed by atoms with Crippen LogP contribution in [0.1, 0.15) is 56.3 Å². The monoisotopic (exact) mass is 567 g/mol. The average Bonchev–Trinajstić information content (AvgIpc) is 3.80. The summed E-state index contributed by atoms with van der Waals surface area (Å²) >= 11 is 0. The van der Waals surface area contributed by atoms with E-state index in [1.54, 1.807) is 81.3 Å². The third kappa shape index (κ3) is 8.14. The molecule has 0 radical (unpaired) electrons. The van der Waals surface area contributed by atoms with Gasteiger partial charge < -0.3 is 25.0 Å². The molecule has 0 heterocycles. The van der Waals surface area contributed by atoms with E-state index in [1.807, 2.05) is 30.3 Å². The number of carbonyl (C=O) groups excluding carboxylic acids is 3. The first kappa shape index (κ1) is 30.2. The lowest BCUT2D eigenvalue weighted by molar-refractivity contribution is -0.141. The van der Waals surface area contributed by atoms with Gasteiger partial charge in [0.25, 0.3) is 5.91 Å². The number of nitrogens with zero attached hydrogens (tertiary/aromatic N) is 1. The molecule has 218 valence electrons. The Hall–Kier alpha value is -4.77. The molecule has 42 heavy (non-hydrogen) atoms. The van der Waals surface area contributed by atoms with Crippen molar-refractivity contribution < 1.29 is 23.9 Å². The lowest BCUT2D eigenvalue weighted by atomic mass is 9.99. The Balaban J connectivity index is 1.71. The Morgan fingerprint density at radius 2 is 1.62 bits per heavy atom. The van der Waals surface area contributed by atoms with Crippen LogP contribution in [0.15, 0.2) is 78.9 Å². The number of terminal acetylenes is 1. The molecule has 4 rings (SSSR count). The third-order valence-corrected chi connectivity index (χ3v) is 6.74. The maximum absolute atomic E-state index is 14.4. The summed E-state index contributed by atoms with van der Waals surface area (Å²) in [6.07, 6.45) is 6.58. The number of hydrogen-bond donors (Lipinski definition) is 2. The average molecular weight is 568 g/mol. The highest BCUT2D eigenvalue weighted by Gasteiger charge is 2.44. The Kier molecular flexibility index (Phi) is 9.53. The number of hydrogen-bond acceptors (Lipinski definition) is 5. The number of methoxy groups -OCH3 is 1. The molecule has 0 aromatic heterocycles. The van der Waals surface area contributed by atoms with Crippen molar-refractivity contribution in [2.24, 2.45) is 0 Å². The molecule has 1 aliphatic rings. The molecule has 8 heteroatoms. The summed E-state index contributed by atoms with van der Waals surface area (Å²) in [5, 5.41) is 5.74. The van der Waals surface area contributed by atoms with Crippen molar-refractivity contribution in [2.75, 3.05) is 12.4 Å². The first-order chi connectivity index (χ1) is 20.1. The van der Waals surface area contributed by atoms with Crippen LogP contribution in [0, 0.1) is 12.3 Å². The van der Waals surface area contributed by atoms with E-state index >= 15 is 0 Å². The van der Waals surface area contributed by atoms with Gasteiger partial charge in [-0.05, 0) is 81.1 Å². The van der Waals surface area contributed by atoms with Gasteiger partial charge in [0.15, 0.2) is 0 Å². The lowest BCUT2D eigenvalue weighted by Gasteiger charge is -2.35. The van der Waals surface area contributed by atoms with E-state index < -0.39 is 23.8 Å². The molecule has 3 aromatic rings. The summed E-state index contributed by atoms with van der Waals surface area (Å²) in [7, 11) is 1.57. The molecule has 0 saturated heterocycles. The van der Waals surface area contributed by atoms with Gasteiger partial charge >= 0.3 is 6.09 Å². The van der Waals surface area contributed by atoms with E-state index in [4.69, 9.17) is 15.9 Å². The molecule has 0 spiro atoms. The lowest BCUT2D eigenvalue weighted by Crippen LogP contribution is -2.54. The molecule has 2 atom stereocenters. The van der Waals surface area contributed by atoms with Crippen molar-refractivity contribution in [3.05, 3.63) is 95.6 Å². The number of ether oxygens (including phenoxy) is 2. The van der Waals surface area contributed by atoms with Gasteiger partial charge in [-0.25, -0.2) is 4.79 Å². The predicted octanol–water partition coefficient (Wildman–Crippen LogP) is 5.48. The van der Waals surface area contributed by atoms with Crippen molar-refractivity contribution in [1.29, 1.82) is 0 Å². The molecule has 0 aliphatic heterocycles. The Morgan fingerprint density at radius 1 is 0.976 bits per heavy atom. The molecule has 3 aromatic carbocycles. The quantitative estimate of drug-likeness (QED) is 0.316. The molecular formula is C34H37N3O5. The predicted molar refractivity (Wildman–Crippen MR) is 162 cm³/mol. The van der Waals surface area contributed by atoms with Crippen molar-refractivity contribution in [3.8, 4) is 18.1 Å². The number of carbonyl (C=O) groups is 3. The van der Waals surface area contributed by atoms with Gasteiger partial charge in [-0.2, -0.15) is 0 Å². The molecule has 2 N–H and O–H groups in total. The number of alkyl carbamates (subject to hydrolysis) is 1. The largest absolute Gasteiger partial charge is 0.497 e. The maximum atomic E-state index is 14.4. The van der Waals surface area contributed by atoms with E-state index in [2.05, 4.69) is 16.6 Å². The highest BCUT2D eigenvalue weighted by Crippen LogP contribution is 2.36. The van der Waals surface area contributed by atoms with Gasteiger partial charge in [-0.1, -0.05) is 48.4 Å². The second-order valence-corrected chi connectivity index (χ2v) is 11.3. The number of amides is 3. The molecule has 3 amide bonds. The highest BCUT2D eigenvalue weighted by atomic mass is 16.6. The second-order valence-electron chi connectivity index (χ2n) is 11.3. The van der Waals surface area contributed by atoms with Crippen LogP contribution in [0.3, 0.4) is 0 Å². The molecule has 2 unspecified atom stereocenters. The summed E-state index contributed by atoms with van der Waals surface area (Å²) in [6, 6.07) is 21.3. The van der Waals surface area contributed by atoms with Gasteiger partial charge in [-0.15, -0.1) is 6.42 Å². The zero-order valence-electron chi connectivity index (χ0n) is 24.4. The Morgan fingerprint density at radius 3 is 2.17 bits per heavy atom. The van der Waals surface area contributed by atoms with Gasteiger partial charge in [0.05, 0.1) is 7.11 Å². The minimum atomic E-state index is -0.974. The molecule has 8 nitrogen and oxygen atoms in total.